The number of carboxylic acid groups (broad SMARTS) is 1. The zero-order chi connectivity index (χ0) is 26.9. The van der Waals surface area contributed by atoms with Crippen LogP contribution in [-0.2, 0) is 11.3 Å². The summed E-state index contributed by atoms with van der Waals surface area (Å²) in [5, 5.41) is 14.7. The molecule has 2 aliphatic carbocycles. The van der Waals surface area contributed by atoms with Gasteiger partial charge in [-0.1, -0.05) is 30.3 Å². The summed E-state index contributed by atoms with van der Waals surface area (Å²) >= 11 is 1.39. The Kier molecular flexibility index (Phi) is 6.23. The van der Waals surface area contributed by atoms with Gasteiger partial charge in [0.1, 0.15) is 11.3 Å². The highest BCUT2D eigenvalue weighted by molar-refractivity contribution is 7.22. The van der Waals surface area contributed by atoms with Crippen LogP contribution in [-0.4, -0.2) is 39.4 Å². The summed E-state index contributed by atoms with van der Waals surface area (Å²) in [6.07, 6.45) is 11.2. The Balaban J connectivity index is 1.06. The van der Waals surface area contributed by atoms with Gasteiger partial charge in [0, 0.05) is 29.5 Å². The molecule has 0 amide bonds. The largest absolute Gasteiger partial charge is 0.478 e. The van der Waals surface area contributed by atoms with Crippen LogP contribution in [0.2, 0.25) is 0 Å². The molecule has 2 aliphatic heterocycles. The summed E-state index contributed by atoms with van der Waals surface area (Å²) in [5.41, 5.74) is 2.99. The van der Waals surface area contributed by atoms with Gasteiger partial charge >= 0.3 is 5.97 Å². The van der Waals surface area contributed by atoms with Crippen molar-refractivity contribution >= 4 is 32.7 Å². The molecule has 2 bridgehead atoms. The Morgan fingerprint density at radius 1 is 1.13 bits per heavy atom. The molecule has 0 spiro atoms. The number of carbonyl (C=O) groups is 1. The van der Waals surface area contributed by atoms with E-state index < -0.39 is 11.8 Å². The number of aromatic carboxylic acids is 1. The van der Waals surface area contributed by atoms with Crippen molar-refractivity contribution in [2.45, 2.75) is 115 Å². The van der Waals surface area contributed by atoms with E-state index in [-0.39, 0.29) is 17.2 Å². The number of benzene rings is 1. The number of fused-ring (bicyclic) bond motifs is 3. The molecule has 7 nitrogen and oxygen atoms in total. The number of carboxylic acids is 1. The van der Waals surface area contributed by atoms with E-state index in [1.54, 1.807) is 0 Å². The van der Waals surface area contributed by atoms with Gasteiger partial charge in [0.05, 0.1) is 28.7 Å². The second kappa shape index (κ2) is 9.54. The third-order valence-corrected chi connectivity index (χ3v) is 10.6. The standard InChI is InChI=1S/C30H36FN3O4S/c1-30(2)9-7-16(8-10-30)25-22(27(38-33-25)17-3-4-17)15-37-21-13-19-5-6-20(14-21)34(19)29-32-26-23(31)11-18(28(35)36)12-24(26)39-29/h11-12,16-17,19-21H,3-10,13-15H2,1-2H3,(H,35,36)/t19-,20?,21-/m0/s1. The van der Waals surface area contributed by atoms with Crippen LogP contribution in [0.25, 0.3) is 10.2 Å². The topological polar surface area (TPSA) is 88.7 Å². The highest BCUT2D eigenvalue weighted by Crippen LogP contribution is 2.48. The van der Waals surface area contributed by atoms with Crippen molar-refractivity contribution in [1.82, 2.24) is 10.1 Å². The van der Waals surface area contributed by atoms with Gasteiger partial charge in [-0.3, -0.25) is 0 Å². The second-order valence-electron chi connectivity index (χ2n) is 12.9. The predicted octanol–water partition coefficient (Wildman–Crippen LogP) is 7.40. The van der Waals surface area contributed by atoms with Gasteiger partial charge in [-0.05, 0) is 81.8 Å². The quantitative estimate of drug-likeness (QED) is 0.326. The molecule has 9 heteroatoms. The van der Waals surface area contributed by atoms with Crippen molar-refractivity contribution in [3.05, 3.63) is 40.5 Å². The Morgan fingerprint density at radius 3 is 2.51 bits per heavy atom. The zero-order valence-corrected chi connectivity index (χ0v) is 23.4. The lowest BCUT2D eigenvalue weighted by Gasteiger charge is -2.38. The van der Waals surface area contributed by atoms with Crippen LogP contribution in [0.3, 0.4) is 0 Å². The lowest BCUT2D eigenvalue weighted by Crippen LogP contribution is -2.45. The molecule has 0 radical (unpaired) electrons. The number of piperidine rings is 1. The Hall–Kier alpha value is -2.52. The molecule has 2 saturated heterocycles. The number of nitrogens with zero attached hydrogens (tertiary/aromatic N) is 3. The smallest absolute Gasteiger partial charge is 0.335 e. The van der Waals surface area contributed by atoms with Gasteiger partial charge in [0.15, 0.2) is 10.9 Å². The molecule has 208 valence electrons. The van der Waals surface area contributed by atoms with Gasteiger partial charge in [-0.2, -0.15) is 0 Å². The summed E-state index contributed by atoms with van der Waals surface area (Å²) in [6.45, 7) is 5.30. The Bertz CT molecular complexity index is 1390. The number of aromatic nitrogens is 2. The highest BCUT2D eigenvalue weighted by Gasteiger charge is 2.43. The fourth-order valence-electron chi connectivity index (χ4n) is 7.13. The van der Waals surface area contributed by atoms with Gasteiger partial charge < -0.3 is 19.3 Å². The van der Waals surface area contributed by atoms with Crippen LogP contribution in [0, 0.1) is 11.2 Å². The van der Waals surface area contributed by atoms with Crippen LogP contribution >= 0.6 is 11.3 Å². The minimum atomic E-state index is -1.13. The van der Waals surface area contributed by atoms with E-state index in [2.05, 4.69) is 28.9 Å². The molecule has 39 heavy (non-hydrogen) atoms. The molecule has 7 rings (SSSR count). The van der Waals surface area contributed by atoms with Gasteiger partial charge in [-0.15, -0.1) is 0 Å². The van der Waals surface area contributed by atoms with Gasteiger partial charge in [0.2, 0.25) is 0 Å². The van der Waals surface area contributed by atoms with Crippen LogP contribution in [0.1, 0.15) is 117 Å². The van der Waals surface area contributed by atoms with Crippen molar-refractivity contribution in [3.63, 3.8) is 0 Å². The Labute approximate surface area is 231 Å². The first-order chi connectivity index (χ1) is 18.8. The number of halogens is 1. The third-order valence-electron chi connectivity index (χ3n) is 9.58. The van der Waals surface area contributed by atoms with Crippen molar-refractivity contribution in [1.29, 1.82) is 0 Å². The maximum atomic E-state index is 14.6. The zero-order valence-electron chi connectivity index (χ0n) is 22.6. The molecular formula is C30H36FN3O4S. The van der Waals surface area contributed by atoms with Crippen molar-refractivity contribution in [2.75, 3.05) is 4.90 Å². The van der Waals surface area contributed by atoms with Crippen LogP contribution in [0.5, 0.6) is 0 Å². The average Bonchev–Trinajstić information content (AvgIpc) is 3.41. The monoisotopic (exact) mass is 553 g/mol. The third kappa shape index (κ3) is 4.75. The molecule has 1 aromatic carbocycles. The molecule has 4 fully saturated rings. The fourth-order valence-corrected chi connectivity index (χ4v) is 8.29. The summed E-state index contributed by atoms with van der Waals surface area (Å²) < 4.78 is 27.8. The first-order valence-electron chi connectivity index (χ1n) is 14.5. The lowest BCUT2D eigenvalue weighted by molar-refractivity contribution is 0.0140. The van der Waals surface area contributed by atoms with Crippen molar-refractivity contribution < 1.29 is 23.6 Å². The van der Waals surface area contributed by atoms with Crippen LogP contribution < -0.4 is 4.90 Å². The molecule has 4 aliphatic rings. The van der Waals surface area contributed by atoms with E-state index in [4.69, 9.17) is 9.26 Å². The van der Waals surface area contributed by atoms with Crippen LogP contribution in [0.15, 0.2) is 16.7 Å². The summed E-state index contributed by atoms with van der Waals surface area (Å²) in [5.74, 6) is 0.329. The van der Waals surface area contributed by atoms with E-state index in [9.17, 15) is 14.3 Å². The molecule has 3 atom stereocenters. The molecule has 1 unspecified atom stereocenters. The SMILES string of the molecule is CC1(C)CCC(c2noc(C3CC3)c2CO[C@@H]2CC3CC[C@@H](C2)N3c2nc3c(F)cc(C(=O)O)cc3s2)CC1. The summed E-state index contributed by atoms with van der Waals surface area (Å²) in [4.78, 5) is 18.3. The Morgan fingerprint density at radius 2 is 1.85 bits per heavy atom. The summed E-state index contributed by atoms with van der Waals surface area (Å²) in [6, 6.07) is 3.18. The van der Waals surface area contributed by atoms with E-state index in [1.165, 1.54) is 48.6 Å². The second-order valence-corrected chi connectivity index (χ2v) is 13.9. The van der Waals surface area contributed by atoms with Crippen LogP contribution in [0.4, 0.5) is 9.52 Å². The summed E-state index contributed by atoms with van der Waals surface area (Å²) in [7, 11) is 0. The number of ether oxygens (including phenoxy) is 1. The van der Waals surface area contributed by atoms with Gasteiger partial charge in [0.25, 0.3) is 0 Å². The normalized spacial score (nSPS) is 26.9. The number of hydrogen-bond acceptors (Lipinski definition) is 7. The number of anilines is 1. The number of rotatable bonds is 7. The maximum absolute atomic E-state index is 14.6. The molecule has 1 N–H and O–H groups in total. The van der Waals surface area contributed by atoms with E-state index >= 15 is 0 Å². The van der Waals surface area contributed by atoms with E-state index in [1.807, 2.05) is 0 Å². The highest BCUT2D eigenvalue weighted by atomic mass is 32.1. The van der Waals surface area contributed by atoms with E-state index in [0.29, 0.717) is 40.6 Å². The number of hydrogen-bond donors (Lipinski definition) is 1. The molecule has 3 aromatic rings. The van der Waals surface area contributed by atoms with Crippen molar-refractivity contribution in [3.8, 4) is 0 Å². The maximum Gasteiger partial charge on any atom is 0.335 e. The minimum absolute atomic E-state index is 0.0408. The first kappa shape index (κ1) is 25.4. The molecule has 2 saturated carbocycles. The molecular weight excluding hydrogens is 517 g/mol. The van der Waals surface area contributed by atoms with E-state index in [0.717, 1.165) is 61.2 Å². The molecule has 4 heterocycles. The first-order valence-corrected chi connectivity index (χ1v) is 15.3. The minimum Gasteiger partial charge on any atom is -0.478 e. The number of thiazole rings is 1. The predicted molar refractivity (Wildman–Crippen MR) is 147 cm³/mol. The molecule has 2 aromatic heterocycles. The van der Waals surface area contributed by atoms with Crippen molar-refractivity contribution in [2.24, 2.45) is 5.41 Å². The lowest BCUT2D eigenvalue weighted by atomic mass is 9.72. The fraction of sp³-hybridized carbons (Fsp3) is 0.633. The average molecular weight is 554 g/mol. The van der Waals surface area contributed by atoms with Gasteiger partial charge in [-0.25, -0.2) is 14.2 Å².